The van der Waals surface area contributed by atoms with Crippen molar-refractivity contribution in [2.24, 2.45) is 0 Å². The molecule has 1 unspecified atom stereocenters. The molecule has 3 nitrogen and oxygen atoms in total. The van der Waals surface area contributed by atoms with Gasteiger partial charge in [-0.25, -0.2) is 8.42 Å². The van der Waals surface area contributed by atoms with Gasteiger partial charge in [-0.05, 0) is 11.1 Å². The lowest BCUT2D eigenvalue weighted by molar-refractivity contribution is -0.131. The van der Waals surface area contributed by atoms with Crippen LogP contribution < -0.4 is 0 Å². The van der Waals surface area contributed by atoms with Crippen LogP contribution in [0.3, 0.4) is 0 Å². The summed E-state index contributed by atoms with van der Waals surface area (Å²) in [5.41, 5.74) is -0.284. The Morgan fingerprint density at radius 2 is 1.89 bits per heavy atom. The highest BCUT2D eigenvalue weighted by Gasteiger charge is 2.49. The average molecular weight is 303 g/mol. The van der Waals surface area contributed by atoms with Gasteiger partial charge in [0.1, 0.15) is 0 Å². The van der Waals surface area contributed by atoms with Crippen molar-refractivity contribution in [2.45, 2.75) is 18.0 Å². The molecular formula is C10H10ClF3O3S. The van der Waals surface area contributed by atoms with Crippen molar-refractivity contribution in [1.82, 2.24) is 0 Å². The van der Waals surface area contributed by atoms with Gasteiger partial charge in [-0.2, -0.15) is 13.2 Å². The van der Waals surface area contributed by atoms with Gasteiger partial charge in [-0.1, -0.05) is 24.3 Å². The quantitative estimate of drug-likeness (QED) is 0.803. The SMILES string of the molecule is COCc1ccccc1C(C(F)(F)F)S(=O)(=O)Cl. The van der Waals surface area contributed by atoms with Crippen molar-refractivity contribution in [2.75, 3.05) is 7.11 Å². The first-order chi connectivity index (χ1) is 8.18. The Bertz CT molecular complexity index is 513. The molecule has 0 heterocycles. The van der Waals surface area contributed by atoms with Crippen LogP contribution in [0.15, 0.2) is 24.3 Å². The minimum atomic E-state index is -4.98. The maximum atomic E-state index is 12.8. The number of ether oxygens (including phenoxy) is 1. The predicted molar refractivity (Wildman–Crippen MR) is 60.7 cm³/mol. The zero-order valence-electron chi connectivity index (χ0n) is 9.24. The molecule has 0 saturated heterocycles. The van der Waals surface area contributed by atoms with Crippen molar-refractivity contribution < 1.29 is 26.3 Å². The normalized spacial score (nSPS) is 14.5. The third kappa shape index (κ3) is 3.60. The number of hydrogen-bond acceptors (Lipinski definition) is 3. The molecule has 18 heavy (non-hydrogen) atoms. The molecule has 0 aromatic heterocycles. The summed E-state index contributed by atoms with van der Waals surface area (Å²) >= 11 is 0. The highest BCUT2D eigenvalue weighted by Crippen LogP contribution is 2.42. The molecule has 1 rings (SSSR count). The van der Waals surface area contributed by atoms with Gasteiger partial charge in [-0.15, -0.1) is 0 Å². The summed E-state index contributed by atoms with van der Waals surface area (Å²) in [5.74, 6) is 0. The molecule has 0 spiro atoms. The topological polar surface area (TPSA) is 43.4 Å². The zero-order chi connectivity index (χ0) is 14.0. The Morgan fingerprint density at radius 3 is 2.33 bits per heavy atom. The Balaban J connectivity index is 3.40. The number of rotatable bonds is 4. The van der Waals surface area contributed by atoms with Crippen molar-refractivity contribution in [3.8, 4) is 0 Å². The molecule has 0 fully saturated rings. The third-order valence-corrected chi connectivity index (χ3v) is 3.84. The fraction of sp³-hybridized carbons (Fsp3) is 0.400. The van der Waals surface area contributed by atoms with Gasteiger partial charge < -0.3 is 4.74 Å². The minimum Gasteiger partial charge on any atom is -0.380 e. The Morgan fingerprint density at radius 1 is 1.33 bits per heavy atom. The van der Waals surface area contributed by atoms with Gasteiger partial charge in [0.2, 0.25) is 9.05 Å². The largest absolute Gasteiger partial charge is 0.410 e. The van der Waals surface area contributed by atoms with E-state index in [0.717, 1.165) is 6.07 Å². The third-order valence-electron chi connectivity index (χ3n) is 2.22. The second kappa shape index (κ2) is 5.46. The first-order valence-electron chi connectivity index (χ1n) is 4.75. The molecule has 1 aromatic rings. The summed E-state index contributed by atoms with van der Waals surface area (Å²) in [4.78, 5) is 0. The molecule has 1 aromatic carbocycles. The fourth-order valence-corrected chi connectivity index (χ4v) is 3.01. The van der Waals surface area contributed by atoms with Gasteiger partial charge in [0, 0.05) is 17.8 Å². The van der Waals surface area contributed by atoms with Crippen LogP contribution in [0.1, 0.15) is 16.4 Å². The van der Waals surface area contributed by atoms with Crippen molar-refractivity contribution >= 4 is 19.7 Å². The maximum Gasteiger partial charge on any atom is 0.410 e. The van der Waals surface area contributed by atoms with Crippen LogP contribution in [0.4, 0.5) is 13.2 Å². The first kappa shape index (κ1) is 15.3. The summed E-state index contributed by atoms with van der Waals surface area (Å²) in [6.07, 6.45) is -4.98. The fourth-order valence-electron chi connectivity index (χ4n) is 1.56. The van der Waals surface area contributed by atoms with E-state index < -0.39 is 26.0 Å². The van der Waals surface area contributed by atoms with E-state index in [1.807, 2.05) is 0 Å². The van der Waals surface area contributed by atoms with Gasteiger partial charge in [-0.3, -0.25) is 0 Å². The Kier molecular flexibility index (Phi) is 4.63. The van der Waals surface area contributed by atoms with Gasteiger partial charge in [0.05, 0.1) is 6.61 Å². The van der Waals surface area contributed by atoms with E-state index in [0.29, 0.717) is 0 Å². The lowest BCUT2D eigenvalue weighted by atomic mass is 10.0. The minimum absolute atomic E-state index is 0.130. The lowest BCUT2D eigenvalue weighted by Crippen LogP contribution is -2.27. The average Bonchev–Trinajstić information content (AvgIpc) is 2.17. The van der Waals surface area contributed by atoms with E-state index in [2.05, 4.69) is 0 Å². The number of hydrogen-bond donors (Lipinski definition) is 0. The molecule has 8 heteroatoms. The van der Waals surface area contributed by atoms with Gasteiger partial charge in [0.25, 0.3) is 0 Å². The summed E-state index contributed by atoms with van der Waals surface area (Å²) < 4.78 is 65.5. The predicted octanol–water partition coefficient (Wildman–Crippen LogP) is 3.01. The van der Waals surface area contributed by atoms with Crippen LogP contribution in [0, 0.1) is 0 Å². The molecule has 0 aliphatic carbocycles. The molecular weight excluding hydrogens is 293 g/mol. The monoisotopic (exact) mass is 302 g/mol. The van der Waals surface area contributed by atoms with Gasteiger partial charge >= 0.3 is 6.18 Å². The molecule has 102 valence electrons. The van der Waals surface area contributed by atoms with Crippen LogP contribution in [-0.4, -0.2) is 21.7 Å². The molecule has 0 aliphatic rings. The number of methoxy groups -OCH3 is 1. The number of alkyl halides is 3. The molecule has 0 amide bonds. The van der Waals surface area contributed by atoms with Gasteiger partial charge in [0.15, 0.2) is 5.25 Å². The van der Waals surface area contributed by atoms with E-state index in [9.17, 15) is 21.6 Å². The molecule has 0 aliphatic heterocycles. The van der Waals surface area contributed by atoms with Crippen molar-refractivity contribution in [3.05, 3.63) is 35.4 Å². The van der Waals surface area contributed by atoms with Crippen LogP contribution >= 0.6 is 10.7 Å². The van der Waals surface area contributed by atoms with E-state index in [1.54, 1.807) is 0 Å². The smallest absolute Gasteiger partial charge is 0.380 e. The highest BCUT2D eigenvalue weighted by molar-refractivity contribution is 8.14. The van der Waals surface area contributed by atoms with Crippen molar-refractivity contribution in [1.29, 1.82) is 0 Å². The molecule has 1 atom stereocenters. The molecule has 0 saturated carbocycles. The lowest BCUT2D eigenvalue weighted by Gasteiger charge is -2.20. The van der Waals surface area contributed by atoms with Crippen LogP contribution in [0.2, 0.25) is 0 Å². The summed E-state index contributed by atoms with van der Waals surface area (Å²) in [6.45, 7) is -0.130. The van der Waals surface area contributed by atoms with E-state index in [-0.39, 0.29) is 12.2 Å². The second-order valence-electron chi connectivity index (χ2n) is 3.53. The van der Waals surface area contributed by atoms with E-state index in [4.69, 9.17) is 15.4 Å². The summed E-state index contributed by atoms with van der Waals surface area (Å²) in [6, 6.07) is 5.24. The summed E-state index contributed by atoms with van der Waals surface area (Å²) in [7, 11) is 1.38. The molecule has 0 radical (unpaired) electrons. The van der Waals surface area contributed by atoms with Crippen LogP contribution in [0.5, 0.6) is 0 Å². The van der Waals surface area contributed by atoms with E-state index in [1.165, 1.54) is 25.3 Å². The van der Waals surface area contributed by atoms with Crippen LogP contribution in [-0.2, 0) is 20.4 Å². The first-order valence-corrected chi connectivity index (χ1v) is 7.12. The Hall–Kier alpha value is -0.790. The van der Waals surface area contributed by atoms with Crippen LogP contribution in [0.25, 0.3) is 0 Å². The Labute approximate surface area is 107 Å². The zero-order valence-corrected chi connectivity index (χ0v) is 10.8. The molecule has 0 N–H and O–H groups in total. The van der Waals surface area contributed by atoms with Crippen molar-refractivity contribution in [3.63, 3.8) is 0 Å². The number of halogens is 4. The second-order valence-corrected chi connectivity index (χ2v) is 6.24. The highest BCUT2D eigenvalue weighted by atomic mass is 35.7. The van der Waals surface area contributed by atoms with E-state index >= 15 is 0 Å². The maximum absolute atomic E-state index is 12.8. The summed E-state index contributed by atoms with van der Waals surface area (Å²) in [5, 5.41) is -2.75. The standard InChI is InChI=1S/C10H10ClF3O3S/c1-17-6-7-4-2-3-5-8(7)9(10(12,13)14)18(11,15)16/h2-5,9H,6H2,1H3. The molecule has 0 bridgehead atoms. The number of benzene rings is 1.